The third-order valence-corrected chi connectivity index (χ3v) is 4.36. The van der Waals surface area contributed by atoms with Crippen molar-refractivity contribution in [3.8, 4) is 5.69 Å². The second-order valence-electron chi connectivity index (χ2n) is 5.20. The van der Waals surface area contributed by atoms with E-state index in [1.54, 1.807) is 0 Å². The molecule has 0 saturated heterocycles. The maximum Gasteiger partial charge on any atom is 0.416 e. The molecule has 2 rings (SSSR count). The summed E-state index contributed by atoms with van der Waals surface area (Å²) in [6.07, 6.45) is -4.81. The van der Waals surface area contributed by atoms with Gasteiger partial charge in [-0.2, -0.15) is 27.1 Å². The van der Waals surface area contributed by atoms with Gasteiger partial charge in [0.2, 0.25) is 0 Å². The van der Waals surface area contributed by atoms with Crippen molar-refractivity contribution in [1.82, 2.24) is 9.78 Å². The summed E-state index contributed by atoms with van der Waals surface area (Å²) in [5, 5.41) is 0.0156. The summed E-state index contributed by atoms with van der Waals surface area (Å²) in [5.41, 5.74) is 3.86. The molecule has 0 radical (unpaired) electrons. The van der Waals surface area contributed by atoms with Crippen LogP contribution in [-0.2, 0) is 17.5 Å². The summed E-state index contributed by atoms with van der Waals surface area (Å²) in [4.78, 5) is -0.185. The van der Waals surface area contributed by atoms with E-state index in [4.69, 9.17) is 22.1 Å². The number of aromatic nitrogens is 2. The Bertz CT molecular complexity index is 795. The van der Waals surface area contributed by atoms with Crippen LogP contribution in [0.4, 0.5) is 32.2 Å². The van der Waals surface area contributed by atoms with Crippen LogP contribution in [0.5, 0.6) is 0 Å². The van der Waals surface area contributed by atoms with Crippen molar-refractivity contribution in [2.45, 2.75) is 29.9 Å². The average molecular weight is 420 g/mol. The fraction of sp³-hybridized carbons (Fsp3) is 0.357. The summed E-state index contributed by atoms with van der Waals surface area (Å²) in [7, 11) is 1.28. The number of ether oxygens (including phenoxy) is 1. The molecule has 2 N–H and O–H groups in total. The van der Waals surface area contributed by atoms with Crippen LogP contribution >= 0.6 is 23.4 Å². The number of benzene rings is 1. The largest absolute Gasteiger partial charge is 0.416 e. The molecule has 4 nitrogen and oxygen atoms in total. The van der Waals surface area contributed by atoms with E-state index in [2.05, 4.69) is 5.10 Å². The Hall–Kier alpha value is -1.59. The first-order valence-electron chi connectivity index (χ1n) is 6.85. The fourth-order valence-electron chi connectivity index (χ4n) is 2.09. The monoisotopic (exact) mass is 419 g/mol. The molecule has 2 aromatic rings. The van der Waals surface area contributed by atoms with Crippen molar-refractivity contribution in [3.63, 3.8) is 0 Å². The van der Waals surface area contributed by atoms with E-state index in [0.29, 0.717) is 17.7 Å². The van der Waals surface area contributed by atoms with E-state index in [0.717, 1.165) is 0 Å². The predicted octanol–water partition coefficient (Wildman–Crippen LogP) is 5.12. The minimum atomic E-state index is -4.81. The quantitative estimate of drug-likeness (QED) is 0.540. The molecule has 1 heterocycles. The van der Waals surface area contributed by atoms with E-state index in [-0.39, 0.29) is 35.0 Å². The van der Waals surface area contributed by atoms with Gasteiger partial charge in [0.1, 0.15) is 17.2 Å². The lowest BCUT2D eigenvalue weighted by Crippen LogP contribution is -2.10. The van der Waals surface area contributed by atoms with E-state index >= 15 is 0 Å². The van der Waals surface area contributed by atoms with Gasteiger partial charge in [0.05, 0.1) is 22.1 Å². The number of methoxy groups -OCH3 is 1. The standard InChI is InChI=1S/C14H12ClF6N3OS/c1-13(17,18)26-11-9(5-25-2)23-24(12(11)22)10-7(15)3-6(4-8(10)16)14(19,20)21/h3-4H,5,22H2,1-2H3. The van der Waals surface area contributed by atoms with E-state index < -0.39 is 39.3 Å². The number of halogens is 7. The molecule has 12 heteroatoms. The van der Waals surface area contributed by atoms with E-state index in [1.807, 2.05) is 0 Å². The molecule has 0 spiro atoms. The number of thioether (sulfide) groups is 1. The minimum Gasteiger partial charge on any atom is -0.383 e. The van der Waals surface area contributed by atoms with Gasteiger partial charge in [0, 0.05) is 14.0 Å². The van der Waals surface area contributed by atoms with Gasteiger partial charge in [-0.05, 0) is 23.9 Å². The van der Waals surface area contributed by atoms with E-state index in [1.165, 1.54) is 7.11 Å². The van der Waals surface area contributed by atoms with Crippen molar-refractivity contribution >= 4 is 29.2 Å². The third kappa shape index (κ3) is 4.38. The molecular weight excluding hydrogens is 408 g/mol. The van der Waals surface area contributed by atoms with E-state index in [9.17, 15) is 26.3 Å². The maximum absolute atomic E-state index is 14.3. The number of hydrogen-bond donors (Lipinski definition) is 1. The van der Waals surface area contributed by atoms with Crippen LogP contribution in [0.3, 0.4) is 0 Å². The van der Waals surface area contributed by atoms with Crippen LogP contribution in [0.25, 0.3) is 5.69 Å². The molecule has 1 aromatic heterocycles. The van der Waals surface area contributed by atoms with Gasteiger partial charge in [-0.1, -0.05) is 11.6 Å². The zero-order valence-electron chi connectivity index (χ0n) is 13.3. The molecule has 0 aliphatic rings. The lowest BCUT2D eigenvalue weighted by Gasteiger charge is -2.13. The summed E-state index contributed by atoms with van der Waals surface area (Å²) >= 11 is 5.84. The van der Waals surface area contributed by atoms with Gasteiger partial charge < -0.3 is 10.5 Å². The molecule has 0 bridgehead atoms. The van der Waals surface area contributed by atoms with Gasteiger partial charge >= 0.3 is 6.18 Å². The second kappa shape index (κ2) is 7.20. The Balaban J connectivity index is 2.64. The van der Waals surface area contributed by atoms with Gasteiger partial charge in [0.15, 0.2) is 5.82 Å². The van der Waals surface area contributed by atoms with Gasteiger partial charge in [-0.3, -0.25) is 0 Å². The van der Waals surface area contributed by atoms with Crippen LogP contribution < -0.4 is 5.73 Å². The van der Waals surface area contributed by atoms with Crippen LogP contribution in [0, 0.1) is 5.82 Å². The van der Waals surface area contributed by atoms with Gasteiger partial charge in [0.25, 0.3) is 5.25 Å². The van der Waals surface area contributed by atoms with Crippen molar-refractivity contribution in [2.75, 3.05) is 12.8 Å². The highest BCUT2D eigenvalue weighted by Gasteiger charge is 2.34. The number of anilines is 1. The number of nitrogen functional groups attached to an aromatic ring is 1. The summed E-state index contributed by atoms with van der Waals surface area (Å²) < 4.78 is 84.8. The molecule has 0 aliphatic heterocycles. The molecule has 0 unspecified atom stereocenters. The highest BCUT2D eigenvalue weighted by atomic mass is 35.5. The summed E-state index contributed by atoms with van der Waals surface area (Å²) in [5.74, 6) is -1.76. The number of nitrogens with zero attached hydrogens (tertiary/aromatic N) is 2. The highest BCUT2D eigenvalue weighted by molar-refractivity contribution is 8.00. The fourth-order valence-corrected chi connectivity index (χ4v) is 3.14. The van der Waals surface area contributed by atoms with Crippen molar-refractivity contribution in [1.29, 1.82) is 0 Å². The smallest absolute Gasteiger partial charge is 0.383 e. The van der Waals surface area contributed by atoms with Crippen LogP contribution in [0.15, 0.2) is 17.0 Å². The van der Waals surface area contributed by atoms with Gasteiger partial charge in [-0.25, -0.2) is 9.07 Å². The first kappa shape index (κ1) is 20.7. The highest BCUT2D eigenvalue weighted by Crippen LogP contribution is 2.42. The Labute approximate surface area is 153 Å². The lowest BCUT2D eigenvalue weighted by molar-refractivity contribution is -0.137. The van der Waals surface area contributed by atoms with Crippen molar-refractivity contribution < 1.29 is 31.1 Å². The second-order valence-corrected chi connectivity index (χ2v) is 6.94. The van der Waals surface area contributed by atoms with Crippen molar-refractivity contribution in [3.05, 3.63) is 34.2 Å². The molecule has 26 heavy (non-hydrogen) atoms. The maximum atomic E-state index is 14.3. The number of hydrogen-bond acceptors (Lipinski definition) is 4. The molecule has 0 aliphatic carbocycles. The average Bonchev–Trinajstić information content (AvgIpc) is 2.74. The van der Waals surface area contributed by atoms with Crippen LogP contribution in [-0.4, -0.2) is 22.1 Å². The Morgan fingerprint density at radius 1 is 1.27 bits per heavy atom. The lowest BCUT2D eigenvalue weighted by atomic mass is 10.2. The topological polar surface area (TPSA) is 53.1 Å². The summed E-state index contributed by atoms with van der Waals surface area (Å²) in [6, 6.07) is 0.720. The SMILES string of the molecule is COCc1nn(-c2c(F)cc(C(F)(F)F)cc2Cl)c(N)c1SC(C)(F)F. The molecule has 144 valence electrons. The van der Waals surface area contributed by atoms with Crippen LogP contribution in [0.1, 0.15) is 18.2 Å². The first-order chi connectivity index (χ1) is 11.8. The molecule has 0 atom stereocenters. The zero-order valence-corrected chi connectivity index (χ0v) is 14.9. The summed E-state index contributed by atoms with van der Waals surface area (Å²) in [6.45, 7) is 0.395. The normalized spacial score (nSPS) is 12.7. The van der Waals surface area contributed by atoms with Crippen LogP contribution in [0.2, 0.25) is 5.02 Å². The Morgan fingerprint density at radius 3 is 2.35 bits per heavy atom. The molecule has 0 saturated carbocycles. The first-order valence-corrected chi connectivity index (χ1v) is 8.04. The zero-order chi connectivity index (χ0) is 19.9. The molecule has 1 aromatic carbocycles. The number of nitrogens with two attached hydrogens (primary N) is 1. The molecular formula is C14H12ClF6N3OS. The number of rotatable bonds is 5. The minimum absolute atomic E-state index is 0.0353. The predicted molar refractivity (Wildman–Crippen MR) is 85.1 cm³/mol. The molecule has 0 amide bonds. The van der Waals surface area contributed by atoms with Gasteiger partial charge in [-0.15, -0.1) is 0 Å². The Morgan fingerprint density at radius 2 is 1.88 bits per heavy atom. The third-order valence-electron chi connectivity index (χ3n) is 3.06. The Kier molecular flexibility index (Phi) is 5.74. The molecule has 0 fully saturated rings. The van der Waals surface area contributed by atoms with Crippen molar-refractivity contribution in [2.24, 2.45) is 0 Å². The number of alkyl halides is 5.